The van der Waals surface area contributed by atoms with Crippen molar-refractivity contribution in [1.29, 1.82) is 0 Å². The summed E-state index contributed by atoms with van der Waals surface area (Å²) in [5, 5.41) is 13.0. The van der Waals surface area contributed by atoms with Crippen LogP contribution in [0.15, 0.2) is 47.3 Å². The Morgan fingerprint density at radius 1 is 1.48 bits per heavy atom. The number of nitrogens with zero attached hydrogens (tertiary/aromatic N) is 1. The fraction of sp³-hybridized carbons (Fsp3) is 0.278. The molecule has 23 heavy (non-hydrogen) atoms. The number of fused-ring (bicyclic) bond motifs is 1. The topological polar surface area (TPSA) is 65.7 Å². The molecule has 2 heterocycles. The molecule has 0 radical (unpaired) electrons. The summed E-state index contributed by atoms with van der Waals surface area (Å²) in [5.41, 5.74) is 4.12. The fourth-order valence-electron chi connectivity index (χ4n) is 2.71. The number of benzene rings is 1. The lowest BCUT2D eigenvalue weighted by atomic mass is 10.0. The van der Waals surface area contributed by atoms with Crippen LogP contribution in [0, 0.1) is 0 Å². The molecule has 0 fully saturated rings. The molecular weight excluding hydrogens is 292 g/mol. The zero-order valence-corrected chi connectivity index (χ0v) is 13.0. The van der Waals surface area contributed by atoms with Gasteiger partial charge in [-0.2, -0.15) is 0 Å². The van der Waals surface area contributed by atoms with E-state index in [-0.39, 0.29) is 12.5 Å². The summed E-state index contributed by atoms with van der Waals surface area (Å²) >= 11 is 0. The van der Waals surface area contributed by atoms with Crippen LogP contribution in [0.2, 0.25) is 0 Å². The SMILES string of the molecule is CN1CCc2cc([C@H](O)CNC(=O)/C=C/c3ccoc3)ccc21. The van der Waals surface area contributed by atoms with Gasteiger partial charge in [-0.05, 0) is 35.8 Å². The van der Waals surface area contributed by atoms with Crippen molar-refractivity contribution in [3.05, 3.63) is 59.6 Å². The van der Waals surface area contributed by atoms with Gasteiger partial charge in [0.25, 0.3) is 0 Å². The molecule has 0 saturated heterocycles. The number of anilines is 1. The van der Waals surface area contributed by atoms with E-state index < -0.39 is 6.10 Å². The first-order valence-corrected chi connectivity index (χ1v) is 7.63. The standard InChI is InChI=1S/C18H20N2O3/c1-20-8-6-14-10-15(3-4-16(14)20)17(21)11-19-18(22)5-2-13-7-9-23-12-13/h2-5,7,9-10,12,17,21H,6,8,11H2,1H3,(H,19,22)/b5-2+/t17-/m1/s1. The van der Waals surface area contributed by atoms with E-state index in [0.717, 1.165) is 24.1 Å². The Morgan fingerprint density at radius 3 is 3.13 bits per heavy atom. The van der Waals surface area contributed by atoms with Gasteiger partial charge in [0.05, 0.1) is 18.6 Å². The van der Waals surface area contributed by atoms with Gasteiger partial charge in [0.1, 0.15) is 0 Å². The normalized spacial score (nSPS) is 15.0. The van der Waals surface area contributed by atoms with Crippen molar-refractivity contribution < 1.29 is 14.3 Å². The summed E-state index contributed by atoms with van der Waals surface area (Å²) in [6.07, 6.45) is 6.47. The van der Waals surface area contributed by atoms with Crippen LogP contribution in [-0.4, -0.2) is 31.2 Å². The molecule has 1 aromatic heterocycles. The van der Waals surface area contributed by atoms with E-state index in [1.165, 1.54) is 17.3 Å². The highest BCUT2D eigenvalue weighted by Gasteiger charge is 2.17. The van der Waals surface area contributed by atoms with Gasteiger partial charge in [0.2, 0.25) is 5.91 Å². The predicted molar refractivity (Wildman–Crippen MR) is 89.1 cm³/mol. The number of likely N-dealkylation sites (N-methyl/N-ethyl adjacent to an activating group) is 1. The van der Waals surface area contributed by atoms with Crippen molar-refractivity contribution in [2.24, 2.45) is 0 Å². The molecule has 1 amide bonds. The number of nitrogens with one attached hydrogen (secondary N) is 1. The van der Waals surface area contributed by atoms with Crippen LogP contribution in [0.25, 0.3) is 6.08 Å². The van der Waals surface area contributed by atoms with Crippen LogP contribution in [0.5, 0.6) is 0 Å². The molecule has 2 aromatic rings. The van der Waals surface area contributed by atoms with E-state index in [1.54, 1.807) is 24.7 Å². The molecular formula is C18H20N2O3. The lowest BCUT2D eigenvalue weighted by Crippen LogP contribution is -2.26. The van der Waals surface area contributed by atoms with Crippen molar-refractivity contribution in [3.63, 3.8) is 0 Å². The number of hydrogen-bond acceptors (Lipinski definition) is 4. The van der Waals surface area contributed by atoms with Gasteiger partial charge in [0, 0.05) is 37.5 Å². The summed E-state index contributed by atoms with van der Waals surface area (Å²) in [6.45, 7) is 1.19. The molecule has 0 aliphatic carbocycles. The molecule has 2 N–H and O–H groups in total. The van der Waals surface area contributed by atoms with Gasteiger partial charge >= 0.3 is 0 Å². The number of carbonyl (C=O) groups excluding carboxylic acids is 1. The molecule has 120 valence electrons. The highest BCUT2D eigenvalue weighted by atomic mass is 16.3. The second-order valence-electron chi connectivity index (χ2n) is 5.71. The third-order valence-corrected chi connectivity index (χ3v) is 4.06. The van der Waals surface area contributed by atoms with E-state index in [2.05, 4.69) is 17.3 Å². The van der Waals surface area contributed by atoms with E-state index >= 15 is 0 Å². The lowest BCUT2D eigenvalue weighted by molar-refractivity contribution is -0.116. The summed E-state index contributed by atoms with van der Waals surface area (Å²) in [6, 6.07) is 7.73. The second kappa shape index (κ2) is 6.71. The predicted octanol–water partition coefficient (Wildman–Crippen LogP) is 2.13. The fourth-order valence-corrected chi connectivity index (χ4v) is 2.71. The van der Waals surface area contributed by atoms with Gasteiger partial charge in [0.15, 0.2) is 0 Å². The molecule has 1 atom stereocenters. The maximum absolute atomic E-state index is 11.8. The largest absolute Gasteiger partial charge is 0.472 e. The van der Waals surface area contributed by atoms with Gasteiger partial charge in [-0.1, -0.05) is 12.1 Å². The molecule has 1 aromatic carbocycles. The maximum Gasteiger partial charge on any atom is 0.244 e. The smallest absolute Gasteiger partial charge is 0.244 e. The number of furan rings is 1. The highest BCUT2D eigenvalue weighted by molar-refractivity contribution is 5.91. The van der Waals surface area contributed by atoms with Crippen molar-refractivity contribution in [2.75, 3.05) is 25.0 Å². The number of aliphatic hydroxyl groups excluding tert-OH is 1. The molecule has 0 bridgehead atoms. The molecule has 1 aliphatic rings. The molecule has 5 heteroatoms. The summed E-state index contributed by atoms with van der Waals surface area (Å²) in [5.74, 6) is -0.244. The van der Waals surface area contributed by atoms with Crippen molar-refractivity contribution in [2.45, 2.75) is 12.5 Å². The average molecular weight is 312 g/mol. The number of rotatable bonds is 5. The van der Waals surface area contributed by atoms with E-state index in [0.29, 0.717) is 0 Å². The minimum Gasteiger partial charge on any atom is -0.472 e. The lowest BCUT2D eigenvalue weighted by Gasteiger charge is -2.15. The van der Waals surface area contributed by atoms with Crippen molar-refractivity contribution in [3.8, 4) is 0 Å². The van der Waals surface area contributed by atoms with Crippen LogP contribution in [0.4, 0.5) is 5.69 Å². The van der Waals surface area contributed by atoms with Gasteiger partial charge in [-0.3, -0.25) is 4.79 Å². The van der Waals surface area contributed by atoms with Crippen LogP contribution < -0.4 is 10.2 Å². The number of aliphatic hydroxyl groups is 1. The Kier molecular flexibility index (Phi) is 4.48. The molecule has 5 nitrogen and oxygen atoms in total. The molecule has 1 aliphatic heterocycles. The Balaban J connectivity index is 1.55. The Hall–Kier alpha value is -2.53. The van der Waals surface area contributed by atoms with E-state index in [1.807, 2.05) is 18.2 Å². The molecule has 0 unspecified atom stereocenters. The number of amides is 1. The quantitative estimate of drug-likeness (QED) is 0.830. The zero-order valence-electron chi connectivity index (χ0n) is 13.0. The van der Waals surface area contributed by atoms with Crippen molar-refractivity contribution >= 4 is 17.7 Å². The Labute approximate surface area is 135 Å². The van der Waals surface area contributed by atoms with Crippen LogP contribution in [0.3, 0.4) is 0 Å². The molecule has 3 rings (SSSR count). The number of hydrogen-bond donors (Lipinski definition) is 2. The van der Waals surface area contributed by atoms with Crippen molar-refractivity contribution in [1.82, 2.24) is 5.32 Å². The monoisotopic (exact) mass is 312 g/mol. The molecule has 0 spiro atoms. The van der Waals surface area contributed by atoms with Crippen LogP contribution in [-0.2, 0) is 11.2 Å². The van der Waals surface area contributed by atoms with Crippen LogP contribution in [0.1, 0.15) is 22.8 Å². The minimum atomic E-state index is -0.711. The molecule has 0 saturated carbocycles. The first-order valence-electron chi connectivity index (χ1n) is 7.63. The first kappa shape index (κ1) is 15.4. The van der Waals surface area contributed by atoms with Crippen LogP contribution >= 0.6 is 0 Å². The van der Waals surface area contributed by atoms with E-state index in [4.69, 9.17) is 4.42 Å². The summed E-state index contributed by atoms with van der Waals surface area (Å²) < 4.78 is 4.92. The second-order valence-corrected chi connectivity index (χ2v) is 5.71. The zero-order chi connectivity index (χ0) is 16.2. The third-order valence-electron chi connectivity index (χ3n) is 4.06. The highest BCUT2D eigenvalue weighted by Crippen LogP contribution is 2.29. The van der Waals surface area contributed by atoms with E-state index in [9.17, 15) is 9.90 Å². The third kappa shape index (κ3) is 3.63. The Bertz CT molecular complexity index is 707. The average Bonchev–Trinajstić information content (AvgIpc) is 3.20. The summed E-state index contributed by atoms with van der Waals surface area (Å²) in [7, 11) is 2.06. The first-order chi connectivity index (χ1) is 11.1. The maximum atomic E-state index is 11.8. The van der Waals surface area contributed by atoms with Gasteiger partial charge in [-0.25, -0.2) is 0 Å². The van der Waals surface area contributed by atoms with Gasteiger partial charge in [-0.15, -0.1) is 0 Å². The Morgan fingerprint density at radius 2 is 2.35 bits per heavy atom. The van der Waals surface area contributed by atoms with Gasteiger partial charge < -0.3 is 19.7 Å². The summed E-state index contributed by atoms with van der Waals surface area (Å²) in [4.78, 5) is 14.0. The minimum absolute atomic E-state index is 0.184. The number of carbonyl (C=O) groups is 1.